The summed E-state index contributed by atoms with van der Waals surface area (Å²) in [6.07, 6.45) is 0. The number of nitro groups is 1. The van der Waals surface area contributed by atoms with E-state index in [1.807, 2.05) is 0 Å². The second kappa shape index (κ2) is 3.62. The number of hydrogen-bond donors (Lipinski definition) is 1. The normalized spacial score (nSPS) is 10.2. The van der Waals surface area contributed by atoms with E-state index < -0.39 is 10.9 Å². The van der Waals surface area contributed by atoms with Crippen LogP contribution in [0.25, 0.3) is 10.8 Å². The molecule has 0 fully saturated rings. The second-order valence-corrected chi connectivity index (χ2v) is 3.28. The van der Waals surface area contributed by atoms with Gasteiger partial charge in [0.15, 0.2) is 0 Å². The predicted molar refractivity (Wildman–Crippen MR) is 57.6 cm³/mol. The number of hydrogen-bond acceptors (Lipinski definition) is 3. The fourth-order valence-electron chi connectivity index (χ4n) is 1.56. The SMILES string of the molecule is O=C(O)c1ccc2c([N+](=O)[O-])cccc2c1. The number of nitrogens with zero attached hydrogens (tertiary/aromatic N) is 1. The van der Waals surface area contributed by atoms with E-state index >= 15 is 0 Å². The molecule has 0 atom stereocenters. The molecular formula is C11H7NO4. The lowest BCUT2D eigenvalue weighted by Crippen LogP contribution is -1.96. The van der Waals surface area contributed by atoms with Gasteiger partial charge in [0.25, 0.3) is 5.69 Å². The minimum atomic E-state index is -1.05. The average Bonchev–Trinajstić information content (AvgIpc) is 2.27. The molecule has 0 bridgehead atoms. The molecule has 2 aromatic carbocycles. The Morgan fingerprint density at radius 1 is 1.25 bits per heavy atom. The third-order valence-electron chi connectivity index (χ3n) is 2.30. The van der Waals surface area contributed by atoms with Crippen LogP contribution in [0.2, 0.25) is 0 Å². The van der Waals surface area contributed by atoms with E-state index in [1.165, 1.54) is 30.3 Å². The Balaban J connectivity index is 2.73. The molecule has 16 heavy (non-hydrogen) atoms. The molecule has 0 radical (unpaired) electrons. The van der Waals surface area contributed by atoms with Crippen molar-refractivity contribution in [3.63, 3.8) is 0 Å². The van der Waals surface area contributed by atoms with Crippen molar-refractivity contribution < 1.29 is 14.8 Å². The minimum Gasteiger partial charge on any atom is -0.478 e. The van der Waals surface area contributed by atoms with E-state index in [0.717, 1.165) is 0 Å². The zero-order chi connectivity index (χ0) is 11.7. The Bertz CT molecular complexity index is 592. The van der Waals surface area contributed by atoms with Gasteiger partial charge in [0.05, 0.1) is 15.9 Å². The van der Waals surface area contributed by atoms with Crippen LogP contribution in [0.15, 0.2) is 36.4 Å². The van der Waals surface area contributed by atoms with Gasteiger partial charge in [0.1, 0.15) is 0 Å². The Morgan fingerprint density at radius 3 is 2.62 bits per heavy atom. The van der Waals surface area contributed by atoms with Crippen LogP contribution in [0.5, 0.6) is 0 Å². The highest BCUT2D eigenvalue weighted by Gasteiger charge is 2.12. The van der Waals surface area contributed by atoms with Gasteiger partial charge in [-0.25, -0.2) is 4.79 Å². The summed E-state index contributed by atoms with van der Waals surface area (Å²) < 4.78 is 0. The van der Waals surface area contributed by atoms with Crippen LogP contribution in [-0.2, 0) is 0 Å². The molecule has 0 aliphatic rings. The maximum Gasteiger partial charge on any atom is 0.335 e. The maximum atomic E-state index is 10.7. The van der Waals surface area contributed by atoms with Gasteiger partial charge in [0, 0.05) is 6.07 Å². The topological polar surface area (TPSA) is 80.4 Å². The van der Waals surface area contributed by atoms with Crippen molar-refractivity contribution in [2.45, 2.75) is 0 Å². The Hall–Kier alpha value is -2.43. The fraction of sp³-hybridized carbons (Fsp3) is 0. The first kappa shape index (κ1) is 10.1. The zero-order valence-corrected chi connectivity index (χ0v) is 8.08. The van der Waals surface area contributed by atoms with Crippen LogP contribution in [-0.4, -0.2) is 16.0 Å². The molecule has 0 saturated carbocycles. The van der Waals surface area contributed by atoms with Crippen molar-refractivity contribution in [1.29, 1.82) is 0 Å². The molecule has 0 unspecified atom stereocenters. The molecule has 5 heteroatoms. The molecule has 0 heterocycles. The van der Waals surface area contributed by atoms with Crippen molar-refractivity contribution in [2.24, 2.45) is 0 Å². The number of carbonyl (C=O) groups is 1. The van der Waals surface area contributed by atoms with E-state index in [4.69, 9.17) is 5.11 Å². The van der Waals surface area contributed by atoms with E-state index in [0.29, 0.717) is 10.8 Å². The summed E-state index contributed by atoms with van der Waals surface area (Å²) in [5.41, 5.74) is 0.0995. The molecule has 0 aromatic heterocycles. The minimum absolute atomic E-state index is 0.0190. The zero-order valence-electron chi connectivity index (χ0n) is 8.08. The smallest absolute Gasteiger partial charge is 0.335 e. The first-order valence-electron chi connectivity index (χ1n) is 4.50. The quantitative estimate of drug-likeness (QED) is 0.618. The van der Waals surface area contributed by atoms with Crippen LogP contribution in [0.1, 0.15) is 10.4 Å². The number of carboxylic acids is 1. The molecule has 5 nitrogen and oxygen atoms in total. The molecule has 0 aliphatic heterocycles. The summed E-state index contributed by atoms with van der Waals surface area (Å²) in [5, 5.41) is 20.5. The number of nitro benzene ring substituents is 1. The first-order valence-corrected chi connectivity index (χ1v) is 4.50. The van der Waals surface area contributed by atoms with E-state index in [-0.39, 0.29) is 11.3 Å². The standard InChI is InChI=1S/C11H7NO4/c13-11(14)8-4-5-9-7(6-8)2-1-3-10(9)12(15)16/h1-6H,(H,13,14). The molecule has 2 aromatic rings. The maximum absolute atomic E-state index is 10.7. The highest BCUT2D eigenvalue weighted by atomic mass is 16.6. The summed E-state index contributed by atoms with van der Waals surface area (Å²) in [6.45, 7) is 0. The number of aromatic carboxylic acids is 1. The van der Waals surface area contributed by atoms with Gasteiger partial charge in [0.2, 0.25) is 0 Å². The van der Waals surface area contributed by atoms with Crippen LogP contribution < -0.4 is 0 Å². The van der Waals surface area contributed by atoms with Gasteiger partial charge in [-0.05, 0) is 23.6 Å². The lowest BCUT2D eigenvalue weighted by Gasteiger charge is -2.00. The fourth-order valence-corrected chi connectivity index (χ4v) is 1.56. The summed E-state index contributed by atoms with van der Waals surface area (Å²) in [5.74, 6) is -1.05. The largest absolute Gasteiger partial charge is 0.478 e. The third-order valence-corrected chi connectivity index (χ3v) is 2.30. The van der Waals surface area contributed by atoms with Crippen molar-refractivity contribution in [2.75, 3.05) is 0 Å². The number of non-ortho nitro benzene ring substituents is 1. The highest BCUT2D eigenvalue weighted by molar-refractivity contribution is 5.97. The summed E-state index contributed by atoms with van der Waals surface area (Å²) >= 11 is 0. The van der Waals surface area contributed by atoms with Gasteiger partial charge >= 0.3 is 5.97 Å². The lowest BCUT2D eigenvalue weighted by atomic mass is 10.1. The van der Waals surface area contributed by atoms with Crippen molar-refractivity contribution >= 4 is 22.4 Å². The number of benzene rings is 2. The van der Waals surface area contributed by atoms with Crippen molar-refractivity contribution in [3.05, 3.63) is 52.1 Å². The Kier molecular flexibility index (Phi) is 2.28. The van der Waals surface area contributed by atoms with Crippen LogP contribution in [0.4, 0.5) is 5.69 Å². The molecule has 80 valence electrons. The van der Waals surface area contributed by atoms with E-state index in [1.54, 1.807) is 6.07 Å². The Labute approximate surface area is 90.1 Å². The van der Waals surface area contributed by atoms with Gasteiger partial charge in [-0.2, -0.15) is 0 Å². The molecule has 2 rings (SSSR count). The van der Waals surface area contributed by atoms with Crippen molar-refractivity contribution in [1.82, 2.24) is 0 Å². The number of rotatable bonds is 2. The average molecular weight is 217 g/mol. The molecular weight excluding hydrogens is 210 g/mol. The summed E-state index contributed by atoms with van der Waals surface area (Å²) in [4.78, 5) is 21.0. The molecule has 0 aliphatic carbocycles. The number of carboxylic acid groups (broad SMARTS) is 1. The third kappa shape index (κ3) is 1.58. The molecule has 0 saturated heterocycles. The van der Waals surface area contributed by atoms with Crippen LogP contribution in [0.3, 0.4) is 0 Å². The van der Waals surface area contributed by atoms with Gasteiger partial charge < -0.3 is 5.11 Å². The molecule has 0 amide bonds. The van der Waals surface area contributed by atoms with Gasteiger partial charge in [-0.15, -0.1) is 0 Å². The summed E-state index contributed by atoms with van der Waals surface area (Å²) in [7, 11) is 0. The lowest BCUT2D eigenvalue weighted by molar-refractivity contribution is -0.383. The number of fused-ring (bicyclic) bond motifs is 1. The van der Waals surface area contributed by atoms with E-state index in [9.17, 15) is 14.9 Å². The highest BCUT2D eigenvalue weighted by Crippen LogP contribution is 2.25. The summed E-state index contributed by atoms with van der Waals surface area (Å²) in [6, 6.07) is 8.81. The van der Waals surface area contributed by atoms with Crippen molar-refractivity contribution in [3.8, 4) is 0 Å². The van der Waals surface area contributed by atoms with Crippen LogP contribution >= 0.6 is 0 Å². The Morgan fingerprint density at radius 2 is 2.00 bits per heavy atom. The van der Waals surface area contributed by atoms with E-state index in [2.05, 4.69) is 0 Å². The van der Waals surface area contributed by atoms with Gasteiger partial charge in [-0.3, -0.25) is 10.1 Å². The van der Waals surface area contributed by atoms with Gasteiger partial charge in [-0.1, -0.05) is 12.1 Å². The molecule has 1 N–H and O–H groups in total. The second-order valence-electron chi connectivity index (χ2n) is 3.28. The monoisotopic (exact) mass is 217 g/mol. The molecule has 0 spiro atoms. The predicted octanol–water partition coefficient (Wildman–Crippen LogP) is 2.45. The first-order chi connectivity index (χ1) is 7.59. The van der Waals surface area contributed by atoms with Crippen LogP contribution in [0, 0.1) is 10.1 Å².